The van der Waals surface area contributed by atoms with E-state index in [9.17, 15) is 18.0 Å². The molecule has 0 fully saturated rings. The minimum absolute atomic E-state index is 0.00166. The van der Waals surface area contributed by atoms with E-state index in [-0.39, 0.29) is 28.8 Å². The minimum Gasteiger partial charge on any atom is -0.494 e. The average molecular weight is 632 g/mol. The van der Waals surface area contributed by atoms with Gasteiger partial charge >= 0.3 is 0 Å². The van der Waals surface area contributed by atoms with Gasteiger partial charge in [-0.05, 0) is 68.3 Å². The van der Waals surface area contributed by atoms with Gasteiger partial charge in [0, 0.05) is 24.2 Å². The lowest BCUT2D eigenvalue weighted by Crippen LogP contribution is -2.52. The standard InChI is InChI=1S/C31H38ClN3O7S/c1-6-27(31(37)33-7-2)34(20-22-11-9-10-12-26(22)32)30(36)21-35(23-13-15-24(16-14-23)42-8-3)43(38,39)25-17-18-28(40-4)29(19-25)41-5/h9-19,27H,6-8,20-21H2,1-5H3,(H,33,37)/t27-/m0/s1. The van der Waals surface area contributed by atoms with Gasteiger partial charge in [0.15, 0.2) is 11.5 Å². The van der Waals surface area contributed by atoms with Crippen LogP contribution in [0.15, 0.2) is 71.6 Å². The maximum absolute atomic E-state index is 14.2. The summed E-state index contributed by atoms with van der Waals surface area (Å²) >= 11 is 6.43. The third-order valence-electron chi connectivity index (χ3n) is 6.69. The van der Waals surface area contributed by atoms with Crippen molar-refractivity contribution in [2.45, 2.75) is 44.7 Å². The van der Waals surface area contributed by atoms with E-state index in [2.05, 4.69) is 5.32 Å². The fraction of sp³-hybridized carbons (Fsp3) is 0.355. The molecule has 0 radical (unpaired) electrons. The van der Waals surface area contributed by atoms with Gasteiger partial charge in [0.05, 0.1) is 31.4 Å². The number of benzene rings is 3. The largest absolute Gasteiger partial charge is 0.494 e. The number of anilines is 1. The number of ether oxygens (including phenoxy) is 3. The van der Waals surface area contributed by atoms with E-state index >= 15 is 0 Å². The second kappa shape index (κ2) is 15.5. The Balaban J connectivity index is 2.12. The average Bonchev–Trinajstić information content (AvgIpc) is 3.00. The molecule has 3 aromatic carbocycles. The van der Waals surface area contributed by atoms with Crippen LogP contribution in [0.4, 0.5) is 5.69 Å². The van der Waals surface area contributed by atoms with Crippen molar-refractivity contribution in [1.82, 2.24) is 10.2 Å². The van der Waals surface area contributed by atoms with E-state index in [0.29, 0.717) is 41.7 Å². The Morgan fingerprint density at radius 3 is 2.19 bits per heavy atom. The quantitative estimate of drug-likeness (QED) is 0.254. The Kier molecular flexibility index (Phi) is 12.1. The maximum Gasteiger partial charge on any atom is 0.264 e. The fourth-order valence-electron chi connectivity index (χ4n) is 4.53. The Bertz CT molecular complexity index is 1500. The van der Waals surface area contributed by atoms with E-state index in [1.54, 1.807) is 62.4 Å². The minimum atomic E-state index is -4.33. The normalized spacial score (nSPS) is 11.8. The number of nitrogens with one attached hydrogen (secondary N) is 1. The van der Waals surface area contributed by atoms with Gasteiger partial charge in [-0.1, -0.05) is 36.7 Å². The van der Waals surface area contributed by atoms with Gasteiger partial charge in [-0.15, -0.1) is 0 Å². The second-order valence-electron chi connectivity index (χ2n) is 9.39. The molecule has 3 rings (SSSR count). The zero-order chi connectivity index (χ0) is 31.6. The number of carbonyl (C=O) groups excluding carboxylic acids is 2. The van der Waals surface area contributed by atoms with Crippen LogP contribution in [0.2, 0.25) is 5.02 Å². The number of likely N-dealkylation sites (N-methyl/N-ethyl adjacent to an activating group) is 1. The van der Waals surface area contributed by atoms with Gasteiger partial charge in [0.25, 0.3) is 10.0 Å². The van der Waals surface area contributed by atoms with Crippen molar-refractivity contribution < 1.29 is 32.2 Å². The number of halogens is 1. The Morgan fingerprint density at radius 2 is 1.60 bits per heavy atom. The first-order valence-corrected chi connectivity index (χ1v) is 15.7. The highest BCUT2D eigenvalue weighted by molar-refractivity contribution is 7.92. The monoisotopic (exact) mass is 631 g/mol. The molecule has 232 valence electrons. The zero-order valence-corrected chi connectivity index (χ0v) is 26.6. The number of sulfonamides is 1. The second-order valence-corrected chi connectivity index (χ2v) is 11.7. The van der Waals surface area contributed by atoms with Crippen molar-refractivity contribution in [3.05, 3.63) is 77.3 Å². The summed E-state index contributed by atoms with van der Waals surface area (Å²) in [6.07, 6.45) is 0.299. The summed E-state index contributed by atoms with van der Waals surface area (Å²) in [6.45, 7) is 5.63. The predicted octanol–water partition coefficient (Wildman–Crippen LogP) is 4.89. The summed E-state index contributed by atoms with van der Waals surface area (Å²) in [7, 11) is -1.48. The molecule has 3 aromatic rings. The van der Waals surface area contributed by atoms with Gasteiger partial charge in [-0.2, -0.15) is 0 Å². The molecular formula is C31H38ClN3O7S. The van der Waals surface area contributed by atoms with Gasteiger partial charge in [-0.25, -0.2) is 8.42 Å². The zero-order valence-electron chi connectivity index (χ0n) is 25.0. The highest BCUT2D eigenvalue weighted by atomic mass is 35.5. The number of rotatable bonds is 15. The van der Waals surface area contributed by atoms with Crippen LogP contribution >= 0.6 is 11.6 Å². The first-order chi connectivity index (χ1) is 20.6. The Morgan fingerprint density at radius 1 is 0.930 bits per heavy atom. The predicted molar refractivity (Wildman–Crippen MR) is 166 cm³/mol. The van der Waals surface area contributed by atoms with Gasteiger partial charge in [-0.3, -0.25) is 13.9 Å². The van der Waals surface area contributed by atoms with E-state index in [1.165, 1.54) is 37.3 Å². The van der Waals surface area contributed by atoms with Crippen molar-refractivity contribution in [3.63, 3.8) is 0 Å². The summed E-state index contributed by atoms with van der Waals surface area (Å²) < 4.78 is 45.5. The van der Waals surface area contributed by atoms with Crippen LogP contribution < -0.4 is 23.8 Å². The third kappa shape index (κ3) is 8.11. The molecule has 0 heterocycles. The Hall–Kier alpha value is -3.96. The molecule has 1 atom stereocenters. The van der Waals surface area contributed by atoms with Crippen molar-refractivity contribution in [2.75, 3.05) is 38.2 Å². The van der Waals surface area contributed by atoms with Crippen molar-refractivity contribution >= 4 is 39.1 Å². The third-order valence-corrected chi connectivity index (χ3v) is 8.83. The van der Waals surface area contributed by atoms with E-state index in [1.807, 2.05) is 6.92 Å². The lowest BCUT2D eigenvalue weighted by atomic mass is 10.1. The summed E-state index contributed by atoms with van der Waals surface area (Å²) in [4.78, 5) is 28.5. The Labute approximate surface area is 258 Å². The highest BCUT2D eigenvalue weighted by Crippen LogP contribution is 2.33. The SMILES string of the molecule is CCNC(=O)[C@H](CC)N(Cc1ccccc1Cl)C(=O)CN(c1ccc(OCC)cc1)S(=O)(=O)c1ccc(OC)c(OC)c1. The molecule has 0 aromatic heterocycles. The molecule has 0 aliphatic rings. The molecule has 0 bridgehead atoms. The van der Waals surface area contributed by atoms with E-state index < -0.39 is 28.5 Å². The number of carbonyl (C=O) groups is 2. The number of nitrogens with zero attached hydrogens (tertiary/aromatic N) is 2. The number of methoxy groups -OCH3 is 2. The maximum atomic E-state index is 14.2. The lowest BCUT2D eigenvalue weighted by molar-refractivity contribution is -0.140. The lowest BCUT2D eigenvalue weighted by Gasteiger charge is -2.33. The van der Waals surface area contributed by atoms with Crippen molar-refractivity contribution in [3.8, 4) is 17.2 Å². The first kappa shape index (κ1) is 33.5. The molecule has 43 heavy (non-hydrogen) atoms. The van der Waals surface area contributed by atoms with Crippen molar-refractivity contribution in [1.29, 1.82) is 0 Å². The van der Waals surface area contributed by atoms with E-state index in [0.717, 1.165) is 4.31 Å². The van der Waals surface area contributed by atoms with Crippen LogP contribution in [0.25, 0.3) is 0 Å². The fourth-order valence-corrected chi connectivity index (χ4v) is 6.16. The molecule has 1 N–H and O–H groups in total. The molecule has 0 unspecified atom stereocenters. The van der Waals surface area contributed by atoms with Gasteiger partial charge in [0.2, 0.25) is 11.8 Å². The highest BCUT2D eigenvalue weighted by Gasteiger charge is 2.34. The van der Waals surface area contributed by atoms with Crippen LogP contribution in [0.3, 0.4) is 0 Å². The summed E-state index contributed by atoms with van der Waals surface area (Å²) in [5.74, 6) is 0.174. The molecule has 0 saturated carbocycles. The van der Waals surface area contributed by atoms with Crippen LogP contribution in [0, 0.1) is 0 Å². The van der Waals surface area contributed by atoms with Crippen LogP contribution in [-0.4, -0.2) is 65.1 Å². The molecule has 2 amide bonds. The van der Waals surface area contributed by atoms with Gasteiger partial charge in [0.1, 0.15) is 18.3 Å². The van der Waals surface area contributed by atoms with Gasteiger partial charge < -0.3 is 24.4 Å². The number of hydrogen-bond acceptors (Lipinski definition) is 7. The summed E-state index contributed by atoms with van der Waals surface area (Å²) in [5.41, 5.74) is 0.853. The van der Waals surface area contributed by atoms with Crippen LogP contribution in [0.1, 0.15) is 32.8 Å². The molecular weight excluding hydrogens is 594 g/mol. The summed E-state index contributed by atoms with van der Waals surface area (Å²) in [6, 6.07) is 16.7. The molecule has 0 spiro atoms. The molecule has 10 nitrogen and oxygen atoms in total. The van der Waals surface area contributed by atoms with Crippen LogP contribution in [0.5, 0.6) is 17.2 Å². The van der Waals surface area contributed by atoms with Crippen molar-refractivity contribution in [2.24, 2.45) is 0 Å². The molecule has 0 aliphatic carbocycles. The first-order valence-electron chi connectivity index (χ1n) is 13.9. The topological polar surface area (TPSA) is 114 Å². The van der Waals surface area contributed by atoms with E-state index in [4.69, 9.17) is 25.8 Å². The number of hydrogen-bond donors (Lipinski definition) is 1. The summed E-state index contributed by atoms with van der Waals surface area (Å²) in [5, 5.41) is 3.20. The van der Waals surface area contributed by atoms with Crippen LogP contribution in [-0.2, 0) is 26.2 Å². The molecule has 12 heteroatoms. The molecule has 0 aliphatic heterocycles. The molecule has 0 saturated heterocycles. The number of amides is 2. The smallest absolute Gasteiger partial charge is 0.264 e.